The van der Waals surface area contributed by atoms with Crippen molar-refractivity contribution in [1.82, 2.24) is 9.21 Å². The lowest BCUT2D eigenvalue weighted by atomic mass is 10.1. The molecule has 0 bridgehead atoms. The second-order valence-corrected chi connectivity index (χ2v) is 7.68. The fourth-order valence-electron chi connectivity index (χ4n) is 2.75. The molecule has 6 heteroatoms. The van der Waals surface area contributed by atoms with Crippen molar-refractivity contribution in [2.75, 3.05) is 27.2 Å². The molecule has 118 valence electrons. The van der Waals surface area contributed by atoms with Crippen LogP contribution < -0.4 is 5.73 Å². The Hall–Kier alpha value is -0.950. The number of sulfonamides is 1. The molecule has 5 nitrogen and oxygen atoms in total. The average Bonchev–Trinajstić information content (AvgIpc) is 2.97. The molecular formula is C15H25N3O2S. The van der Waals surface area contributed by atoms with Crippen molar-refractivity contribution in [3.8, 4) is 0 Å². The van der Waals surface area contributed by atoms with E-state index in [1.54, 1.807) is 10.4 Å². The first-order chi connectivity index (χ1) is 9.90. The normalized spacial score (nSPS) is 20.3. The van der Waals surface area contributed by atoms with Crippen LogP contribution >= 0.6 is 0 Å². The molecule has 1 fully saturated rings. The fourth-order valence-corrected chi connectivity index (χ4v) is 4.58. The standard InChI is InChI=1S/C15H25N3O2S/c1-4-13-6-5-12(10-16)9-15(13)21(19,20)18-8-7-14(11-18)17(2)3/h5-6,9,14H,4,7-8,10-11,16H2,1-3H3. The number of nitrogens with zero attached hydrogens (tertiary/aromatic N) is 2. The minimum absolute atomic E-state index is 0.294. The van der Waals surface area contributed by atoms with Gasteiger partial charge < -0.3 is 10.6 Å². The number of nitrogens with two attached hydrogens (primary N) is 1. The van der Waals surface area contributed by atoms with Crippen molar-refractivity contribution < 1.29 is 8.42 Å². The Morgan fingerprint density at radius 2 is 2.10 bits per heavy atom. The van der Waals surface area contributed by atoms with Crippen molar-refractivity contribution in [3.63, 3.8) is 0 Å². The largest absolute Gasteiger partial charge is 0.326 e. The van der Waals surface area contributed by atoms with Gasteiger partial charge >= 0.3 is 0 Å². The molecule has 2 rings (SSSR count). The highest BCUT2D eigenvalue weighted by Crippen LogP contribution is 2.26. The summed E-state index contributed by atoms with van der Waals surface area (Å²) < 4.78 is 27.4. The molecule has 0 amide bonds. The van der Waals surface area contributed by atoms with Gasteiger partial charge in [0, 0.05) is 25.7 Å². The van der Waals surface area contributed by atoms with E-state index in [4.69, 9.17) is 5.73 Å². The molecule has 1 heterocycles. The summed E-state index contributed by atoms with van der Waals surface area (Å²) in [6.07, 6.45) is 1.58. The maximum absolute atomic E-state index is 12.9. The predicted octanol–water partition coefficient (Wildman–Crippen LogP) is 1.03. The second-order valence-electron chi connectivity index (χ2n) is 5.77. The molecule has 1 aromatic rings. The first-order valence-electron chi connectivity index (χ1n) is 7.38. The summed E-state index contributed by atoms with van der Waals surface area (Å²) in [4.78, 5) is 2.51. The molecule has 0 aliphatic carbocycles. The van der Waals surface area contributed by atoms with Crippen molar-refractivity contribution in [2.24, 2.45) is 5.73 Å². The van der Waals surface area contributed by atoms with Crippen molar-refractivity contribution >= 4 is 10.0 Å². The first kappa shape index (κ1) is 16.4. The topological polar surface area (TPSA) is 66.6 Å². The third-order valence-corrected chi connectivity index (χ3v) is 6.17. The SMILES string of the molecule is CCc1ccc(CN)cc1S(=O)(=O)N1CCC(N(C)C)C1. The summed E-state index contributed by atoms with van der Waals surface area (Å²) in [5.74, 6) is 0. The van der Waals surface area contributed by atoms with Crippen LogP contribution in [0, 0.1) is 0 Å². The Labute approximate surface area is 127 Å². The van der Waals surface area contributed by atoms with Crippen LogP contribution in [0.15, 0.2) is 23.1 Å². The van der Waals surface area contributed by atoms with Gasteiger partial charge in [-0.15, -0.1) is 0 Å². The third-order valence-electron chi connectivity index (χ3n) is 4.22. The highest BCUT2D eigenvalue weighted by molar-refractivity contribution is 7.89. The summed E-state index contributed by atoms with van der Waals surface area (Å²) in [5, 5.41) is 0. The van der Waals surface area contributed by atoms with Gasteiger partial charge in [0.15, 0.2) is 0 Å². The Morgan fingerprint density at radius 1 is 1.38 bits per heavy atom. The molecular weight excluding hydrogens is 286 g/mol. The van der Waals surface area contributed by atoms with Gasteiger partial charge in [0.05, 0.1) is 4.90 Å². The fraction of sp³-hybridized carbons (Fsp3) is 0.600. The van der Waals surface area contributed by atoms with Crippen molar-refractivity contribution in [3.05, 3.63) is 29.3 Å². The van der Waals surface area contributed by atoms with Gasteiger partial charge in [-0.2, -0.15) is 4.31 Å². The zero-order valence-electron chi connectivity index (χ0n) is 13.0. The molecule has 0 radical (unpaired) electrons. The number of hydrogen-bond donors (Lipinski definition) is 1. The summed E-state index contributed by atoms with van der Waals surface area (Å²) in [5.41, 5.74) is 7.37. The van der Waals surface area contributed by atoms with E-state index >= 15 is 0 Å². The molecule has 0 spiro atoms. The van der Waals surface area contributed by atoms with E-state index in [0.717, 1.165) is 17.5 Å². The van der Waals surface area contributed by atoms with Gasteiger partial charge in [-0.05, 0) is 44.1 Å². The molecule has 2 N–H and O–H groups in total. The van der Waals surface area contributed by atoms with E-state index in [0.29, 0.717) is 37.0 Å². The minimum atomic E-state index is -3.43. The molecule has 0 aromatic heterocycles. The molecule has 1 aliphatic rings. The quantitative estimate of drug-likeness (QED) is 0.882. The van der Waals surface area contributed by atoms with E-state index in [9.17, 15) is 8.42 Å². The Balaban J connectivity index is 2.36. The lowest BCUT2D eigenvalue weighted by Crippen LogP contribution is -2.34. The third kappa shape index (κ3) is 3.29. The molecule has 0 saturated carbocycles. The summed E-state index contributed by atoms with van der Waals surface area (Å²) in [6, 6.07) is 5.82. The lowest BCUT2D eigenvalue weighted by Gasteiger charge is -2.21. The minimum Gasteiger partial charge on any atom is -0.326 e. The van der Waals surface area contributed by atoms with Crippen LogP contribution in [-0.2, 0) is 23.0 Å². The maximum atomic E-state index is 12.9. The van der Waals surface area contributed by atoms with E-state index < -0.39 is 10.0 Å². The zero-order valence-corrected chi connectivity index (χ0v) is 13.9. The van der Waals surface area contributed by atoms with Crippen LogP contribution in [0.1, 0.15) is 24.5 Å². The van der Waals surface area contributed by atoms with Gasteiger partial charge in [-0.25, -0.2) is 8.42 Å². The zero-order chi connectivity index (χ0) is 15.6. The Bertz CT molecular complexity index is 599. The van der Waals surface area contributed by atoms with Crippen molar-refractivity contribution in [2.45, 2.75) is 37.2 Å². The smallest absolute Gasteiger partial charge is 0.243 e. The van der Waals surface area contributed by atoms with Crippen LogP contribution in [0.5, 0.6) is 0 Å². The molecule has 1 aliphatic heterocycles. The van der Waals surface area contributed by atoms with Gasteiger partial charge in [0.2, 0.25) is 10.0 Å². The van der Waals surface area contributed by atoms with Gasteiger partial charge in [-0.1, -0.05) is 19.1 Å². The Kier molecular flexibility index (Phi) is 5.03. The van der Waals surface area contributed by atoms with Crippen molar-refractivity contribution in [1.29, 1.82) is 0 Å². The first-order valence-corrected chi connectivity index (χ1v) is 8.82. The van der Waals surface area contributed by atoms with Gasteiger partial charge in [0.25, 0.3) is 0 Å². The van der Waals surface area contributed by atoms with E-state index in [2.05, 4.69) is 4.90 Å². The van der Waals surface area contributed by atoms with Gasteiger partial charge in [0.1, 0.15) is 0 Å². The van der Waals surface area contributed by atoms with Gasteiger partial charge in [-0.3, -0.25) is 0 Å². The van der Waals surface area contributed by atoms with Crippen LogP contribution in [0.3, 0.4) is 0 Å². The van der Waals surface area contributed by atoms with E-state index in [1.165, 1.54) is 0 Å². The molecule has 1 unspecified atom stereocenters. The monoisotopic (exact) mass is 311 g/mol. The van der Waals surface area contributed by atoms with Crippen LogP contribution in [-0.4, -0.2) is 50.8 Å². The molecule has 1 aromatic carbocycles. The number of rotatable bonds is 5. The second kappa shape index (κ2) is 6.44. The summed E-state index contributed by atoms with van der Waals surface area (Å²) in [6.45, 7) is 3.47. The molecule has 21 heavy (non-hydrogen) atoms. The average molecular weight is 311 g/mol. The summed E-state index contributed by atoms with van der Waals surface area (Å²) in [7, 11) is 0.557. The van der Waals surface area contributed by atoms with Crippen LogP contribution in [0.4, 0.5) is 0 Å². The maximum Gasteiger partial charge on any atom is 0.243 e. The number of likely N-dealkylation sites (N-methyl/N-ethyl adjacent to an activating group) is 1. The van der Waals surface area contributed by atoms with Crippen LogP contribution in [0.2, 0.25) is 0 Å². The predicted molar refractivity (Wildman–Crippen MR) is 84.6 cm³/mol. The number of hydrogen-bond acceptors (Lipinski definition) is 4. The molecule has 1 saturated heterocycles. The molecule has 1 atom stereocenters. The lowest BCUT2D eigenvalue weighted by molar-refractivity contribution is 0.302. The Morgan fingerprint density at radius 3 is 2.62 bits per heavy atom. The van der Waals surface area contributed by atoms with E-state index in [1.807, 2.05) is 33.2 Å². The van der Waals surface area contributed by atoms with Crippen LogP contribution in [0.25, 0.3) is 0 Å². The summed E-state index contributed by atoms with van der Waals surface area (Å²) >= 11 is 0. The van der Waals surface area contributed by atoms with E-state index in [-0.39, 0.29) is 0 Å². The number of benzene rings is 1. The highest BCUT2D eigenvalue weighted by atomic mass is 32.2. The number of aryl methyl sites for hydroxylation is 1. The highest BCUT2D eigenvalue weighted by Gasteiger charge is 2.34.